The van der Waals surface area contributed by atoms with Crippen molar-refractivity contribution < 1.29 is 9.59 Å². The zero-order valence-corrected chi connectivity index (χ0v) is 10.5. The highest BCUT2D eigenvalue weighted by atomic mass is 16.2. The van der Waals surface area contributed by atoms with Gasteiger partial charge in [0.1, 0.15) is 5.69 Å². The topological polar surface area (TPSA) is 104 Å². The molecule has 6 heteroatoms. The van der Waals surface area contributed by atoms with Crippen molar-refractivity contribution in [3.8, 4) is 0 Å². The van der Waals surface area contributed by atoms with Crippen LogP contribution in [0.1, 0.15) is 64.7 Å². The molecular weight excluding hydrogens is 232 g/mol. The summed E-state index contributed by atoms with van der Waals surface area (Å²) in [6.07, 6.45) is 5.33. The first kappa shape index (κ1) is 12.6. The second-order valence-corrected chi connectivity index (χ2v) is 4.77. The maximum Gasteiger partial charge on any atom is 0.267 e. The number of carbonyl (C=O) groups excluding carboxylic acids is 2. The van der Waals surface area contributed by atoms with Gasteiger partial charge in [-0.25, -0.2) is 0 Å². The minimum absolute atomic E-state index is 0.146. The van der Waals surface area contributed by atoms with Crippen LogP contribution in [0, 0.1) is 6.92 Å². The number of hydrogen-bond donors (Lipinski definition) is 2. The van der Waals surface area contributed by atoms with E-state index in [1.807, 2.05) is 0 Å². The summed E-state index contributed by atoms with van der Waals surface area (Å²) in [7, 11) is 0. The molecule has 2 rings (SSSR count). The molecule has 0 saturated heterocycles. The molecule has 1 fully saturated rings. The molecule has 4 N–H and O–H groups in total. The van der Waals surface area contributed by atoms with Crippen LogP contribution in [0.25, 0.3) is 0 Å². The highest BCUT2D eigenvalue weighted by molar-refractivity contribution is 6.05. The van der Waals surface area contributed by atoms with E-state index in [1.54, 1.807) is 11.6 Å². The Morgan fingerprint density at radius 1 is 1.17 bits per heavy atom. The molecule has 0 aromatic carbocycles. The second-order valence-electron chi connectivity index (χ2n) is 4.77. The number of primary amides is 2. The summed E-state index contributed by atoms with van der Waals surface area (Å²) in [5.41, 5.74) is 11.5. The van der Waals surface area contributed by atoms with Crippen LogP contribution >= 0.6 is 0 Å². The molecule has 0 bridgehead atoms. The molecule has 0 spiro atoms. The van der Waals surface area contributed by atoms with E-state index in [9.17, 15) is 9.59 Å². The van der Waals surface area contributed by atoms with Gasteiger partial charge in [0.25, 0.3) is 11.8 Å². The molecule has 6 nitrogen and oxygen atoms in total. The lowest BCUT2D eigenvalue weighted by Crippen LogP contribution is -2.26. The number of nitrogens with two attached hydrogens (primary N) is 2. The van der Waals surface area contributed by atoms with Crippen LogP contribution < -0.4 is 11.5 Å². The van der Waals surface area contributed by atoms with E-state index >= 15 is 0 Å². The number of amides is 2. The average molecular weight is 250 g/mol. The highest BCUT2D eigenvalue weighted by Crippen LogP contribution is 2.30. The van der Waals surface area contributed by atoms with Gasteiger partial charge in [-0.05, 0) is 19.8 Å². The van der Waals surface area contributed by atoms with Crippen molar-refractivity contribution in [1.29, 1.82) is 0 Å². The first-order valence-corrected chi connectivity index (χ1v) is 6.21. The van der Waals surface area contributed by atoms with Gasteiger partial charge in [-0.3, -0.25) is 14.3 Å². The second kappa shape index (κ2) is 4.80. The minimum Gasteiger partial charge on any atom is -0.365 e. The van der Waals surface area contributed by atoms with E-state index in [1.165, 1.54) is 6.42 Å². The molecule has 0 unspecified atom stereocenters. The summed E-state index contributed by atoms with van der Waals surface area (Å²) >= 11 is 0. The lowest BCUT2D eigenvalue weighted by atomic mass is 9.95. The molecule has 1 aromatic rings. The molecule has 18 heavy (non-hydrogen) atoms. The summed E-state index contributed by atoms with van der Waals surface area (Å²) in [6, 6.07) is 0.146. The fourth-order valence-electron chi connectivity index (χ4n) is 2.67. The standard InChI is InChI=1S/C12H18N4O2/c1-7-9(11(13)17)10(12(14)18)16(15-7)8-5-3-2-4-6-8/h8H,2-6H2,1H3,(H2,13,17)(H2,14,18). The number of rotatable bonds is 3. The fourth-order valence-corrected chi connectivity index (χ4v) is 2.67. The van der Waals surface area contributed by atoms with Gasteiger partial charge < -0.3 is 11.5 Å². The monoisotopic (exact) mass is 250 g/mol. The Morgan fingerprint density at radius 2 is 1.78 bits per heavy atom. The molecule has 0 radical (unpaired) electrons. The molecule has 1 aliphatic carbocycles. The van der Waals surface area contributed by atoms with Crippen molar-refractivity contribution in [1.82, 2.24) is 9.78 Å². The molecular formula is C12H18N4O2. The molecule has 1 heterocycles. The minimum atomic E-state index is -0.650. The molecule has 1 aromatic heterocycles. The molecule has 1 aliphatic rings. The largest absolute Gasteiger partial charge is 0.365 e. The zero-order chi connectivity index (χ0) is 13.3. The van der Waals surface area contributed by atoms with Crippen molar-refractivity contribution in [2.45, 2.75) is 45.1 Å². The Labute approximate surface area is 105 Å². The average Bonchev–Trinajstić information content (AvgIpc) is 2.68. The Hall–Kier alpha value is -1.85. The van der Waals surface area contributed by atoms with Crippen LogP contribution in [0.15, 0.2) is 0 Å². The Kier molecular flexibility index (Phi) is 3.36. The Balaban J connectivity index is 2.49. The molecule has 98 valence electrons. The van der Waals surface area contributed by atoms with E-state index in [-0.39, 0.29) is 17.3 Å². The van der Waals surface area contributed by atoms with Gasteiger partial charge in [0.2, 0.25) is 0 Å². The third-order valence-electron chi connectivity index (χ3n) is 3.49. The third kappa shape index (κ3) is 2.10. The van der Waals surface area contributed by atoms with Crippen LogP contribution in [-0.2, 0) is 0 Å². The van der Waals surface area contributed by atoms with Crippen LogP contribution in [0.2, 0.25) is 0 Å². The summed E-state index contributed by atoms with van der Waals surface area (Å²) < 4.78 is 1.61. The molecule has 1 saturated carbocycles. The number of aromatic nitrogens is 2. The van der Waals surface area contributed by atoms with Gasteiger partial charge in [-0.1, -0.05) is 19.3 Å². The van der Waals surface area contributed by atoms with E-state index in [4.69, 9.17) is 11.5 Å². The van der Waals surface area contributed by atoms with Gasteiger partial charge >= 0.3 is 0 Å². The number of aryl methyl sites for hydroxylation is 1. The van der Waals surface area contributed by atoms with E-state index in [0.29, 0.717) is 5.69 Å². The first-order chi connectivity index (χ1) is 8.52. The summed E-state index contributed by atoms with van der Waals surface area (Å²) in [6.45, 7) is 1.67. The smallest absolute Gasteiger partial charge is 0.267 e. The van der Waals surface area contributed by atoms with E-state index < -0.39 is 11.8 Å². The Bertz CT molecular complexity index is 487. The zero-order valence-electron chi connectivity index (χ0n) is 10.5. The summed E-state index contributed by atoms with van der Waals surface area (Å²) in [4.78, 5) is 23.0. The predicted octanol–water partition coefficient (Wildman–Crippen LogP) is 0.895. The van der Waals surface area contributed by atoms with Crippen molar-refractivity contribution in [2.75, 3.05) is 0 Å². The van der Waals surface area contributed by atoms with Crippen molar-refractivity contribution in [3.05, 3.63) is 17.0 Å². The Morgan fingerprint density at radius 3 is 2.28 bits per heavy atom. The normalized spacial score (nSPS) is 16.7. The van der Waals surface area contributed by atoms with E-state index in [2.05, 4.69) is 5.10 Å². The quantitative estimate of drug-likeness (QED) is 0.832. The lowest BCUT2D eigenvalue weighted by Gasteiger charge is -2.23. The van der Waals surface area contributed by atoms with Crippen LogP contribution in [0.5, 0.6) is 0 Å². The maximum absolute atomic E-state index is 11.6. The molecule has 0 atom stereocenters. The summed E-state index contributed by atoms with van der Waals surface area (Å²) in [5, 5.41) is 4.29. The SMILES string of the molecule is Cc1nn(C2CCCCC2)c(C(N)=O)c1C(N)=O. The lowest BCUT2D eigenvalue weighted by molar-refractivity contribution is 0.0957. The highest BCUT2D eigenvalue weighted by Gasteiger charge is 2.28. The van der Waals surface area contributed by atoms with Crippen molar-refractivity contribution in [2.24, 2.45) is 11.5 Å². The van der Waals surface area contributed by atoms with Gasteiger partial charge in [-0.15, -0.1) is 0 Å². The maximum atomic E-state index is 11.6. The van der Waals surface area contributed by atoms with Gasteiger partial charge in [-0.2, -0.15) is 5.10 Å². The third-order valence-corrected chi connectivity index (χ3v) is 3.49. The van der Waals surface area contributed by atoms with Gasteiger partial charge in [0.15, 0.2) is 0 Å². The number of nitrogens with zero attached hydrogens (tertiary/aromatic N) is 2. The summed E-state index contributed by atoms with van der Waals surface area (Å²) in [5.74, 6) is -1.29. The van der Waals surface area contributed by atoms with Crippen molar-refractivity contribution >= 4 is 11.8 Å². The number of hydrogen-bond acceptors (Lipinski definition) is 3. The molecule has 0 aliphatic heterocycles. The van der Waals surface area contributed by atoms with Crippen LogP contribution in [0.4, 0.5) is 0 Å². The van der Waals surface area contributed by atoms with Gasteiger partial charge in [0, 0.05) is 0 Å². The van der Waals surface area contributed by atoms with Crippen LogP contribution in [0.3, 0.4) is 0 Å². The molecule has 2 amide bonds. The van der Waals surface area contributed by atoms with Crippen molar-refractivity contribution in [3.63, 3.8) is 0 Å². The number of carbonyl (C=O) groups is 2. The van der Waals surface area contributed by atoms with Gasteiger partial charge in [0.05, 0.1) is 17.3 Å². The fraction of sp³-hybridized carbons (Fsp3) is 0.583. The van der Waals surface area contributed by atoms with E-state index in [0.717, 1.165) is 25.7 Å². The predicted molar refractivity (Wildman–Crippen MR) is 66.1 cm³/mol. The van der Waals surface area contributed by atoms with Crippen LogP contribution in [-0.4, -0.2) is 21.6 Å². The first-order valence-electron chi connectivity index (χ1n) is 6.21.